The van der Waals surface area contributed by atoms with E-state index in [0.717, 1.165) is 6.42 Å². The van der Waals surface area contributed by atoms with Crippen molar-refractivity contribution in [1.29, 1.82) is 0 Å². The summed E-state index contributed by atoms with van der Waals surface area (Å²) in [6, 6.07) is 4.63. The molecule has 0 aromatic heterocycles. The van der Waals surface area contributed by atoms with Crippen LogP contribution in [0, 0.1) is 5.82 Å². The molecule has 0 N–H and O–H groups in total. The lowest BCUT2D eigenvalue weighted by Gasteiger charge is -2.20. The van der Waals surface area contributed by atoms with Crippen LogP contribution in [0.5, 0.6) is 11.5 Å². The van der Waals surface area contributed by atoms with Crippen LogP contribution in [0.1, 0.15) is 6.42 Å². The van der Waals surface area contributed by atoms with Crippen molar-refractivity contribution in [1.82, 2.24) is 0 Å². The molecule has 0 spiro atoms. The molecular formula is C13H9FO2. The zero-order valence-corrected chi connectivity index (χ0v) is 8.44. The Morgan fingerprint density at radius 1 is 1.00 bits per heavy atom. The summed E-state index contributed by atoms with van der Waals surface area (Å²) in [7, 11) is 0. The number of rotatable bonds is 0. The molecule has 80 valence electrons. The Balaban J connectivity index is 2.09. The SMILES string of the molecule is Fc1cccc2c1OC1=C(C=CCC=C1)O2. The Morgan fingerprint density at radius 3 is 2.56 bits per heavy atom. The van der Waals surface area contributed by atoms with E-state index < -0.39 is 5.82 Å². The first-order chi connectivity index (χ1) is 7.84. The largest absolute Gasteiger partial charge is 0.449 e. The summed E-state index contributed by atoms with van der Waals surface area (Å²) in [6.45, 7) is 0. The van der Waals surface area contributed by atoms with Gasteiger partial charge in [0.25, 0.3) is 0 Å². The van der Waals surface area contributed by atoms with E-state index in [9.17, 15) is 4.39 Å². The van der Waals surface area contributed by atoms with Crippen LogP contribution in [0.25, 0.3) is 0 Å². The molecule has 3 heteroatoms. The van der Waals surface area contributed by atoms with Crippen molar-refractivity contribution >= 4 is 0 Å². The average molecular weight is 216 g/mol. The third kappa shape index (κ3) is 1.41. The summed E-state index contributed by atoms with van der Waals surface area (Å²) in [5.41, 5.74) is 0. The number of hydrogen-bond donors (Lipinski definition) is 0. The van der Waals surface area contributed by atoms with Crippen molar-refractivity contribution in [3.63, 3.8) is 0 Å². The van der Waals surface area contributed by atoms with E-state index >= 15 is 0 Å². The molecule has 2 nitrogen and oxygen atoms in total. The number of para-hydroxylation sites is 1. The van der Waals surface area contributed by atoms with Crippen LogP contribution in [0.15, 0.2) is 54.0 Å². The molecule has 1 aliphatic heterocycles. The summed E-state index contributed by atoms with van der Waals surface area (Å²) in [5.74, 6) is 1.32. The van der Waals surface area contributed by atoms with Crippen molar-refractivity contribution < 1.29 is 13.9 Å². The summed E-state index contributed by atoms with van der Waals surface area (Å²) in [6.07, 6.45) is 8.35. The molecule has 1 aliphatic carbocycles. The maximum absolute atomic E-state index is 13.5. The standard InChI is InChI=1S/C13H9FO2/c14-9-5-4-8-12-13(9)16-11-7-3-1-2-6-10(11)15-12/h2-8H,1H2. The van der Waals surface area contributed by atoms with Gasteiger partial charge in [0.05, 0.1) is 0 Å². The second-order valence-electron chi connectivity index (χ2n) is 3.54. The molecule has 0 radical (unpaired) electrons. The Kier molecular flexibility index (Phi) is 2.03. The fourth-order valence-electron chi connectivity index (χ4n) is 1.66. The van der Waals surface area contributed by atoms with Crippen molar-refractivity contribution in [3.8, 4) is 11.5 Å². The van der Waals surface area contributed by atoms with E-state index in [1.54, 1.807) is 18.2 Å². The Bertz CT molecular complexity index is 527. The molecular weight excluding hydrogens is 207 g/mol. The molecule has 0 bridgehead atoms. The molecule has 3 rings (SSSR count). The predicted octanol–water partition coefficient (Wildman–Crippen LogP) is 3.32. The normalized spacial score (nSPS) is 17.1. The number of allylic oxidation sites excluding steroid dienone is 4. The Morgan fingerprint density at radius 2 is 1.75 bits per heavy atom. The van der Waals surface area contributed by atoms with Gasteiger partial charge >= 0.3 is 0 Å². The molecule has 0 fully saturated rings. The van der Waals surface area contributed by atoms with Gasteiger partial charge in [-0.05, 0) is 30.7 Å². The molecule has 0 saturated carbocycles. The smallest absolute Gasteiger partial charge is 0.205 e. The second kappa shape index (κ2) is 3.52. The van der Waals surface area contributed by atoms with Gasteiger partial charge in [0, 0.05) is 0 Å². The van der Waals surface area contributed by atoms with Gasteiger partial charge in [-0.1, -0.05) is 18.2 Å². The number of benzene rings is 1. The molecule has 16 heavy (non-hydrogen) atoms. The molecule has 0 saturated heterocycles. The highest BCUT2D eigenvalue weighted by Crippen LogP contribution is 2.38. The van der Waals surface area contributed by atoms with Crippen LogP contribution in [-0.2, 0) is 0 Å². The zero-order valence-electron chi connectivity index (χ0n) is 8.44. The van der Waals surface area contributed by atoms with E-state index in [4.69, 9.17) is 9.47 Å². The predicted molar refractivity (Wildman–Crippen MR) is 57.6 cm³/mol. The van der Waals surface area contributed by atoms with E-state index in [2.05, 4.69) is 0 Å². The molecule has 1 aromatic rings. The maximum atomic E-state index is 13.5. The minimum absolute atomic E-state index is 0.154. The Labute approximate surface area is 92.3 Å². The second-order valence-corrected chi connectivity index (χ2v) is 3.54. The van der Waals surface area contributed by atoms with Gasteiger partial charge in [-0.15, -0.1) is 0 Å². The number of halogens is 1. The summed E-state index contributed by atoms with van der Waals surface area (Å²) in [4.78, 5) is 0. The molecule has 0 amide bonds. The van der Waals surface area contributed by atoms with Crippen molar-refractivity contribution in [2.24, 2.45) is 0 Å². The molecule has 1 heterocycles. The van der Waals surface area contributed by atoms with Crippen molar-refractivity contribution in [2.45, 2.75) is 6.42 Å². The van der Waals surface area contributed by atoms with Crippen molar-refractivity contribution in [3.05, 3.63) is 59.8 Å². The minimum Gasteiger partial charge on any atom is -0.449 e. The molecule has 1 aromatic carbocycles. The van der Waals surface area contributed by atoms with E-state index in [-0.39, 0.29) is 5.75 Å². The van der Waals surface area contributed by atoms with Crippen LogP contribution >= 0.6 is 0 Å². The lowest BCUT2D eigenvalue weighted by molar-refractivity contribution is 0.302. The molecule has 0 unspecified atom stereocenters. The van der Waals surface area contributed by atoms with Gasteiger partial charge in [-0.2, -0.15) is 0 Å². The minimum atomic E-state index is -0.411. The lowest BCUT2D eigenvalue weighted by Crippen LogP contribution is -2.10. The van der Waals surface area contributed by atoms with Gasteiger partial charge in [0.2, 0.25) is 5.75 Å². The van der Waals surface area contributed by atoms with Gasteiger partial charge in [-0.3, -0.25) is 0 Å². The van der Waals surface area contributed by atoms with Crippen LogP contribution in [-0.4, -0.2) is 0 Å². The Hall–Kier alpha value is -2.03. The third-order valence-electron chi connectivity index (χ3n) is 2.42. The quantitative estimate of drug-likeness (QED) is 0.662. The van der Waals surface area contributed by atoms with E-state index in [1.165, 1.54) is 6.07 Å². The highest BCUT2D eigenvalue weighted by Gasteiger charge is 2.22. The van der Waals surface area contributed by atoms with Gasteiger partial charge < -0.3 is 9.47 Å². The first-order valence-corrected chi connectivity index (χ1v) is 5.06. The lowest BCUT2D eigenvalue weighted by atomic mass is 10.2. The number of fused-ring (bicyclic) bond motifs is 1. The topological polar surface area (TPSA) is 18.5 Å². The highest BCUT2D eigenvalue weighted by molar-refractivity contribution is 5.48. The van der Waals surface area contributed by atoms with Gasteiger partial charge in [0.15, 0.2) is 23.1 Å². The highest BCUT2D eigenvalue weighted by atomic mass is 19.1. The van der Waals surface area contributed by atoms with Crippen LogP contribution < -0.4 is 9.47 Å². The zero-order chi connectivity index (χ0) is 11.0. The first kappa shape index (κ1) is 9.21. The average Bonchev–Trinajstić information content (AvgIpc) is 2.52. The van der Waals surface area contributed by atoms with Gasteiger partial charge in [-0.25, -0.2) is 4.39 Å². The summed E-state index contributed by atoms with van der Waals surface area (Å²) < 4.78 is 24.5. The third-order valence-corrected chi connectivity index (χ3v) is 2.42. The van der Waals surface area contributed by atoms with Crippen LogP contribution in [0.4, 0.5) is 4.39 Å². The van der Waals surface area contributed by atoms with Gasteiger partial charge in [0.1, 0.15) is 0 Å². The summed E-state index contributed by atoms with van der Waals surface area (Å²) >= 11 is 0. The molecule has 2 aliphatic rings. The summed E-state index contributed by atoms with van der Waals surface area (Å²) in [5, 5.41) is 0. The maximum Gasteiger partial charge on any atom is 0.205 e. The monoisotopic (exact) mass is 216 g/mol. The van der Waals surface area contributed by atoms with Crippen LogP contribution in [0.3, 0.4) is 0 Å². The van der Waals surface area contributed by atoms with Crippen molar-refractivity contribution in [2.75, 3.05) is 0 Å². The number of ether oxygens (including phenoxy) is 2. The fourth-order valence-corrected chi connectivity index (χ4v) is 1.66. The van der Waals surface area contributed by atoms with Crippen LogP contribution in [0.2, 0.25) is 0 Å². The number of hydrogen-bond acceptors (Lipinski definition) is 2. The van der Waals surface area contributed by atoms with E-state index in [0.29, 0.717) is 17.3 Å². The fraction of sp³-hybridized carbons (Fsp3) is 0.0769. The van der Waals surface area contributed by atoms with E-state index in [1.807, 2.05) is 18.2 Å². The first-order valence-electron chi connectivity index (χ1n) is 5.06. The molecule has 0 atom stereocenters.